The zero-order valence-corrected chi connectivity index (χ0v) is 9.20. The van der Waals surface area contributed by atoms with Crippen molar-refractivity contribution >= 4 is 27.3 Å². The summed E-state index contributed by atoms with van der Waals surface area (Å²) in [5.41, 5.74) is 2.84. The number of hydrogen-bond donors (Lipinski definition) is 0. The smallest absolute Gasteiger partial charge is 0.159 e. The highest BCUT2D eigenvalue weighted by Crippen LogP contribution is 2.30. The number of nitrogens with zero attached hydrogens (tertiary/aromatic N) is 1. The quantitative estimate of drug-likeness (QED) is 0.771. The highest BCUT2D eigenvalue weighted by Gasteiger charge is 2.09. The molecule has 0 aliphatic heterocycles. The molecule has 1 heterocycles. The fourth-order valence-corrected chi connectivity index (χ4v) is 2.18. The highest BCUT2D eigenvalue weighted by atomic mass is 79.9. The van der Waals surface area contributed by atoms with Crippen LogP contribution in [0.3, 0.4) is 0 Å². The van der Waals surface area contributed by atoms with Gasteiger partial charge in [0.2, 0.25) is 0 Å². The Balaban J connectivity index is 2.53. The molecule has 0 aliphatic rings. The van der Waals surface area contributed by atoms with Crippen molar-refractivity contribution in [1.29, 1.82) is 0 Å². The summed E-state index contributed by atoms with van der Waals surface area (Å²) in [5.74, 6) is -1.71. The lowest BCUT2D eigenvalue weighted by molar-refractivity contribution is 0.509. The fraction of sp³-hybridized carbons (Fsp3) is 0. The van der Waals surface area contributed by atoms with Crippen LogP contribution in [0.15, 0.2) is 27.5 Å². The second kappa shape index (κ2) is 3.74. The van der Waals surface area contributed by atoms with Gasteiger partial charge in [0.15, 0.2) is 11.6 Å². The molecule has 0 amide bonds. The molecule has 2 aromatic rings. The summed E-state index contributed by atoms with van der Waals surface area (Å²) in [6, 6.07) is 3.73. The molecule has 0 unspecified atom stereocenters. The minimum absolute atomic E-state index is 0.567. The van der Waals surface area contributed by atoms with E-state index in [9.17, 15) is 8.78 Å². The highest BCUT2D eigenvalue weighted by molar-refractivity contribution is 9.11. The van der Waals surface area contributed by atoms with Crippen LogP contribution in [0.25, 0.3) is 11.3 Å². The van der Waals surface area contributed by atoms with Gasteiger partial charge in [0.05, 0.1) is 15.0 Å². The van der Waals surface area contributed by atoms with Gasteiger partial charge in [-0.25, -0.2) is 13.8 Å². The van der Waals surface area contributed by atoms with E-state index in [0.29, 0.717) is 11.3 Å². The average molecular weight is 276 g/mol. The number of halogens is 3. The maximum absolute atomic E-state index is 12.9. The van der Waals surface area contributed by atoms with Crippen LogP contribution in [0.1, 0.15) is 0 Å². The molecule has 1 aromatic carbocycles. The summed E-state index contributed by atoms with van der Waals surface area (Å²) >= 11 is 4.68. The summed E-state index contributed by atoms with van der Waals surface area (Å²) in [5, 5.41) is 0. The van der Waals surface area contributed by atoms with Gasteiger partial charge in [-0.1, -0.05) is 0 Å². The van der Waals surface area contributed by atoms with Crippen molar-refractivity contribution in [1.82, 2.24) is 4.98 Å². The number of aromatic nitrogens is 1. The molecule has 14 heavy (non-hydrogen) atoms. The third kappa shape index (κ3) is 1.69. The van der Waals surface area contributed by atoms with Crippen LogP contribution in [-0.4, -0.2) is 4.98 Å². The molecule has 0 N–H and O–H groups in total. The summed E-state index contributed by atoms with van der Waals surface area (Å²) in [6.07, 6.45) is 0. The third-order valence-electron chi connectivity index (χ3n) is 1.72. The Hall–Kier alpha value is -0.810. The Morgan fingerprint density at radius 2 is 2.00 bits per heavy atom. The van der Waals surface area contributed by atoms with E-state index in [1.54, 1.807) is 5.51 Å². The van der Waals surface area contributed by atoms with Gasteiger partial charge in [-0.3, -0.25) is 0 Å². The molecule has 1 nitrogen and oxygen atoms in total. The molecule has 0 saturated carbocycles. The largest absolute Gasteiger partial charge is 0.243 e. The lowest BCUT2D eigenvalue weighted by Crippen LogP contribution is -1.85. The molecule has 0 bridgehead atoms. The van der Waals surface area contributed by atoms with Gasteiger partial charge < -0.3 is 0 Å². The Bertz CT molecular complexity index is 470. The topological polar surface area (TPSA) is 12.9 Å². The summed E-state index contributed by atoms with van der Waals surface area (Å²) in [6.45, 7) is 0. The lowest BCUT2D eigenvalue weighted by atomic mass is 10.2. The zero-order chi connectivity index (χ0) is 10.1. The second-order valence-corrected chi connectivity index (χ2v) is 4.78. The normalized spacial score (nSPS) is 10.5. The summed E-state index contributed by atoms with van der Waals surface area (Å²) in [7, 11) is 0. The fourth-order valence-electron chi connectivity index (χ4n) is 1.06. The molecule has 0 saturated heterocycles. The predicted octanol–water partition coefficient (Wildman–Crippen LogP) is 3.85. The third-order valence-corrected chi connectivity index (χ3v) is 3.26. The Morgan fingerprint density at radius 1 is 1.21 bits per heavy atom. The van der Waals surface area contributed by atoms with Crippen LogP contribution in [-0.2, 0) is 0 Å². The number of thiazole rings is 1. The van der Waals surface area contributed by atoms with Crippen LogP contribution in [0.4, 0.5) is 8.78 Å². The van der Waals surface area contributed by atoms with Crippen molar-refractivity contribution in [3.8, 4) is 11.3 Å². The van der Waals surface area contributed by atoms with E-state index >= 15 is 0 Å². The second-order valence-electron chi connectivity index (χ2n) is 2.60. The van der Waals surface area contributed by atoms with Crippen molar-refractivity contribution in [3.05, 3.63) is 39.1 Å². The molecule has 5 heteroatoms. The van der Waals surface area contributed by atoms with E-state index in [1.165, 1.54) is 17.4 Å². The summed E-state index contributed by atoms with van der Waals surface area (Å²) in [4.78, 5) is 4.04. The van der Waals surface area contributed by atoms with E-state index in [1.807, 2.05) is 0 Å². The van der Waals surface area contributed by atoms with E-state index in [0.717, 1.165) is 15.9 Å². The van der Waals surface area contributed by atoms with Gasteiger partial charge in [0.1, 0.15) is 0 Å². The van der Waals surface area contributed by atoms with Gasteiger partial charge in [-0.2, -0.15) is 0 Å². The van der Waals surface area contributed by atoms with Gasteiger partial charge in [-0.15, -0.1) is 11.3 Å². The van der Waals surface area contributed by atoms with Crippen LogP contribution in [0.2, 0.25) is 0 Å². The van der Waals surface area contributed by atoms with Gasteiger partial charge in [-0.05, 0) is 34.1 Å². The SMILES string of the molecule is Fc1ccc(-c2ncsc2Br)cc1F. The standard InChI is InChI=1S/C9H4BrF2NS/c10-9-8(13-4-14-9)5-1-2-6(11)7(12)3-5/h1-4H. The van der Waals surface area contributed by atoms with Crippen molar-refractivity contribution in [2.24, 2.45) is 0 Å². The van der Waals surface area contributed by atoms with Crippen LogP contribution >= 0.6 is 27.3 Å². The number of benzene rings is 1. The molecule has 2 rings (SSSR count). The first-order valence-corrected chi connectivity index (χ1v) is 5.40. The molecule has 0 fully saturated rings. The van der Waals surface area contributed by atoms with Crippen molar-refractivity contribution < 1.29 is 8.78 Å². The minimum Gasteiger partial charge on any atom is -0.243 e. The van der Waals surface area contributed by atoms with Gasteiger partial charge in [0.25, 0.3) is 0 Å². The van der Waals surface area contributed by atoms with Crippen molar-refractivity contribution in [2.75, 3.05) is 0 Å². The molecule has 0 radical (unpaired) electrons. The maximum atomic E-state index is 12.9. The first-order valence-electron chi connectivity index (χ1n) is 3.73. The first kappa shape index (κ1) is 9.73. The first-order chi connectivity index (χ1) is 6.68. The lowest BCUT2D eigenvalue weighted by Gasteiger charge is -1.98. The zero-order valence-electron chi connectivity index (χ0n) is 6.80. The molecular weight excluding hydrogens is 272 g/mol. The van der Waals surface area contributed by atoms with Crippen LogP contribution in [0.5, 0.6) is 0 Å². The molecule has 0 aliphatic carbocycles. The van der Waals surface area contributed by atoms with E-state index in [4.69, 9.17) is 0 Å². The van der Waals surface area contributed by atoms with Gasteiger partial charge >= 0.3 is 0 Å². The minimum atomic E-state index is -0.859. The van der Waals surface area contributed by atoms with Crippen LogP contribution in [0, 0.1) is 11.6 Å². The van der Waals surface area contributed by atoms with Crippen LogP contribution < -0.4 is 0 Å². The predicted molar refractivity (Wildman–Crippen MR) is 55.2 cm³/mol. The Morgan fingerprint density at radius 3 is 2.57 bits per heavy atom. The maximum Gasteiger partial charge on any atom is 0.159 e. The van der Waals surface area contributed by atoms with E-state index in [-0.39, 0.29) is 0 Å². The Labute approximate surface area is 91.5 Å². The van der Waals surface area contributed by atoms with Gasteiger partial charge in [0, 0.05) is 5.56 Å². The molecular formula is C9H4BrF2NS. The average Bonchev–Trinajstić information content (AvgIpc) is 2.57. The van der Waals surface area contributed by atoms with E-state index in [2.05, 4.69) is 20.9 Å². The monoisotopic (exact) mass is 275 g/mol. The number of rotatable bonds is 1. The van der Waals surface area contributed by atoms with Crippen molar-refractivity contribution in [2.45, 2.75) is 0 Å². The molecule has 0 atom stereocenters. The molecule has 72 valence electrons. The number of hydrogen-bond acceptors (Lipinski definition) is 2. The summed E-state index contributed by atoms with van der Waals surface area (Å²) < 4.78 is 26.3. The van der Waals surface area contributed by atoms with E-state index < -0.39 is 11.6 Å². The van der Waals surface area contributed by atoms with Crippen molar-refractivity contribution in [3.63, 3.8) is 0 Å². The molecule has 1 aromatic heterocycles. The molecule has 0 spiro atoms. The Kier molecular flexibility index (Phi) is 2.60.